The summed E-state index contributed by atoms with van der Waals surface area (Å²) in [6.45, 7) is 0. The first-order valence-electron chi connectivity index (χ1n) is 8.41. The molecule has 0 radical (unpaired) electrons. The van der Waals surface area contributed by atoms with Crippen molar-refractivity contribution >= 4 is 12.3 Å². The predicted molar refractivity (Wildman–Crippen MR) is 93.7 cm³/mol. The second kappa shape index (κ2) is 6.30. The summed E-state index contributed by atoms with van der Waals surface area (Å²) in [5.74, 6) is -0.714. The zero-order chi connectivity index (χ0) is 17.4. The van der Waals surface area contributed by atoms with E-state index in [0.717, 1.165) is 29.5 Å². The second-order valence-corrected chi connectivity index (χ2v) is 6.54. The first kappa shape index (κ1) is 15.8. The third-order valence-corrected chi connectivity index (χ3v) is 5.07. The van der Waals surface area contributed by atoms with Crippen LogP contribution in [0.15, 0.2) is 54.6 Å². The third-order valence-electron chi connectivity index (χ3n) is 5.07. The summed E-state index contributed by atoms with van der Waals surface area (Å²) in [6.07, 6.45) is 6.68. The monoisotopic (exact) mass is 334 g/mol. The Balaban J connectivity index is 1.85. The second-order valence-electron chi connectivity index (χ2n) is 6.54. The number of rotatable bonds is 4. The molecule has 4 nitrogen and oxygen atoms in total. The van der Waals surface area contributed by atoms with Gasteiger partial charge in [0.2, 0.25) is 0 Å². The average molecular weight is 334 g/mol. The Kier molecular flexibility index (Phi) is 3.98. The number of aldehydes is 1. The third kappa shape index (κ3) is 2.79. The van der Waals surface area contributed by atoms with Crippen LogP contribution in [0.2, 0.25) is 0 Å². The Labute approximate surface area is 145 Å². The van der Waals surface area contributed by atoms with Crippen molar-refractivity contribution in [3.05, 3.63) is 71.3 Å². The van der Waals surface area contributed by atoms with Gasteiger partial charge in [-0.15, -0.1) is 0 Å². The normalized spacial score (nSPS) is 24.2. The molecule has 0 saturated carbocycles. The number of carboxylic acid groups (broad SMARTS) is 1. The van der Waals surface area contributed by atoms with E-state index < -0.39 is 5.97 Å². The SMILES string of the molecule is O=Cc1cc(-c2ccccc2)c(C2C[C@@H]3C=CC[C@@H]3O2)cc1C(=O)O. The number of hydrogen-bond acceptors (Lipinski definition) is 3. The molecule has 0 bridgehead atoms. The zero-order valence-electron chi connectivity index (χ0n) is 13.6. The molecule has 1 heterocycles. The highest BCUT2D eigenvalue weighted by Gasteiger charge is 2.37. The van der Waals surface area contributed by atoms with Crippen molar-refractivity contribution in [3.8, 4) is 11.1 Å². The highest BCUT2D eigenvalue weighted by atomic mass is 16.5. The van der Waals surface area contributed by atoms with Crippen LogP contribution in [0, 0.1) is 5.92 Å². The summed E-state index contributed by atoms with van der Waals surface area (Å²) in [5, 5.41) is 9.48. The molecule has 1 saturated heterocycles. The van der Waals surface area contributed by atoms with E-state index in [1.165, 1.54) is 0 Å². The Morgan fingerprint density at radius 3 is 2.68 bits per heavy atom. The maximum absolute atomic E-state index is 11.6. The number of carboxylic acids is 1. The first-order valence-corrected chi connectivity index (χ1v) is 8.41. The van der Waals surface area contributed by atoms with Gasteiger partial charge in [-0.2, -0.15) is 0 Å². The van der Waals surface area contributed by atoms with Crippen molar-refractivity contribution in [2.24, 2.45) is 5.92 Å². The van der Waals surface area contributed by atoms with Crippen molar-refractivity contribution < 1.29 is 19.4 Å². The zero-order valence-corrected chi connectivity index (χ0v) is 13.6. The van der Waals surface area contributed by atoms with Gasteiger partial charge in [0.25, 0.3) is 0 Å². The molecule has 0 aromatic heterocycles. The summed E-state index contributed by atoms with van der Waals surface area (Å²) in [4.78, 5) is 23.0. The summed E-state index contributed by atoms with van der Waals surface area (Å²) in [6, 6.07) is 13.0. The van der Waals surface area contributed by atoms with Crippen LogP contribution >= 0.6 is 0 Å². The lowest BCUT2D eigenvalue weighted by Gasteiger charge is -2.19. The van der Waals surface area contributed by atoms with Gasteiger partial charge in [0.05, 0.1) is 17.8 Å². The molecule has 1 aliphatic heterocycles. The molecule has 0 amide bonds. The van der Waals surface area contributed by atoms with Crippen LogP contribution in [0.1, 0.15) is 45.2 Å². The number of hydrogen-bond donors (Lipinski definition) is 1. The van der Waals surface area contributed by atoms with E-state index in [9.17, 15) is 14.7 Å². The molecule has 0 spiro atoms. The van der Waals surface area contributed by atoms with Crippen molar-refractivity contribution in [1.29, 1.82) is 0 Å². The fourth-order valence-electron chi connectivity index (χ4n) is 3.84. The van der Waals surface area contributed by atoms with E-state index in [1.54, 1.807) is 12.1 Å². The summed E-state index contributed by atoms with van der Waals surface area (Å²) >= 11 is 0. The van der Waals surface area contributed by atoms with Gasteiger partial charge < -0.3 is 9.84 Å². The summed E-state index contributed by atoms with van der Waals surface area (Å²) in [5.41, 5.74) is 2.88. The molecule has 126 valence electrons. The standard InChI is InChI=1S/C21H18O4/c22-12-15-9-16(13-5-2-1-3-6-13)18(11-17(15)21(23)24)20-10-14-7-4-8-19(14)25-20/h1-7,9,11-12,14,19-20H,8,10H2,(H,23,24)/t14-,19-,20?/m0/s1. The molecular formula is C21H18O4. The van der Waals surface area contributed by atoms with Crippen LogP contribution in [-0.2, 0) is 4.74 Å². The topological polar surface area (TPSA) is 63.6 Å². The molecule has 1 N–H and O–H groups in total. The molecule has 2 aliphatic rings. The number of benzene rings is 2. The van der Waals surface area contributed by atoms with Crippen molar-refractivity contribution in [1.82, 2.24) is 0 Å². The molecule has 1 fully saturated rings. The Morgan fingerprint density at radius 1 is 1.20 bits per heavy atom. The van der Waals surface area contributed by atoms with Crippen molar-refractivity contribution in [2.75, 3.05) is 0 Å². The summed E-state index contributed by atoms with van der Waals surface area (Å²) in [7, 11) is 0. The van der Waals surface area contributed by atoms with Gasteiger partial charge in [0.15, 0.2) is 6.29 Å². The van der Waals surface area contributed by atoms with E-state index in [4.69, 9.17) is 4.74 Å². The molecular weight excluding hydrogens is 316 g/mol. The largest absolute Gasteiger partial charge is 0.478 e. The van der Waals surface area contributed by atoms with Crippen LogP contribution < -0.4 is 0 Å². The van der Waals surface area contributed by atoms with Crippen LogP contribution in [0.4, 0.5) is 0 Å². The minimum atomic E-state index is -1.10. The van der Waals surface area contributed by atoms with E-state index in [0.29, 0.717) is 12.2 Å². The van der Waals surface area contributed by atoms with Crippen LogP contribution in [-0.4, -0.2) is 23.5 Å². The molecule has 1 unspecified atom stereocenters. The van der Waals surface area contributed by atoms with E-state index in [1.807, 2.05) is 30.3 Å². The Hall–Kier alpha value is -2.72. The molecule has 2 aromatic carbocycles. The van der Waals surface area contributed by atoms with Gasteiger partial charge >= 0.3 is 5.97 Å². The van der Waals surface area contributed by atoms with Gasteiger partial charge in [-0.1, -0.05) is 42.5 Å². The fourth-order valence-corrected chi connectivity index (χ4v) is 3.84. The van der Waals surface area contributed by atoms with Gasteiger partial charge in [-0.25, -0.2) is 4.79 Å². The van der Waals surface area contributed by atoms with E-state index in [2.05, 4.69) is 12.2 Å². The van der Waals surface area contributed by atoms with Crippen molar-refractivity contribution in [2.45, 2.75) is 25.0 Å². The Morgan fingerprint density at radius 2 is 2.00 bits per heavy atom. The van der Waals surface area contributed by atoms with Gasteiger partial charge in [-0.3, -0.25) is 4.79 Å². The van der Waals surface area contributed by atoms with Crippen molar-refractivity contribution in [3.63, 3.8) is 0 Å². The van der Waals surface area contributed by atoms with Gasteiger partial charge in [0.1, 0.15) is 0 Å². The highest BCUT2D eigenvalue weighted by molar-refractivity contribution is 5.99. The molecule has 2 aromatic rings. The number of fused-ring (bicyclic) bond motifs is 1. The quantitative estimate of drug-likeness (QED) is 0.670. The van der Waals surface area contributed by atoms with Crippen LogP contribution in [0.25, 0.3) is 11.1 Å². The number of aromatic carboxylic acids is 1. The minimum absolute atomic E-state index is 0.0286. The van der Waals surface area contributed by atoms with Gasteiger partial charge in [0, 0.05) is 11.5 Å². The number of carbonyl (C=O) groups excluding carboxylic acids is 1. The fraction of sp³-hybridized carbons (Fsp3) is 0.238. The molecule has 3 atom stereocenters. The first-order chi connectivity index (χ1) is 12.2. The lowest BCUT2D eigenvalue weighted by atomic mass is 9.89. The maximum atomic E-state index is 11.6. The maximum Gasteiger partial charge on any atom is 0.336 e. The smallest absolute Gasteiger partial charge is 0.336 e. The average Bonchev–Trinajstić information content (AvgIpc) is 3.23. The molecule has 25 heavy (non-hydrogen) atoms. The number of ether oxygens (including phenoxy) is 1. The van der Waals surface area contributed by atoms with Gasteiger partial charge in [-0.05, 0) is 41.7 Å². The Bertz CT molecular complexity index is 854. The predicted octanol–water partition coefficient (Wildman–Crippen LogP) is 4.27. The number of carbonyl (C=O) groups is 2. The lowest BCUT2D eigenvalue weighted by Crippen LogP contribution is -2.10. The molecule has 4 heteroatoms. The van der Waals surface area contributed by atoms with E-state index >= 15 is 0 Å². The van der Waals surface area contributed by atoms with Crippen LogP contribution in [0.3, 0.4) is 0 Å². The molecule has 4 rings (SSSR count). The van der Waals surface area contributed by atoms with Crippen LogP contribution in [0.5, 0.6) is 0 Å². The summed E-state index contributed by atoms with van der Waals surface area (Å²) < 4.78 is 6.20. The lowest BCUT2D eigenvalue weighted by molar-refractivity contribution is 0.0438. The molecule has 1 aliphatic carbocycles. The minimum Gasteiger partial charge on any atom is -0.478 e. The van der Waals surface area contributed by atoms with E-state index in [-0.39, 0.29) is 23.3 Å². The highest BCUT2D eigenvalue weighted by Crippen LogP contribution is 2.45.